The van der Waals surface area contributed by atoms with Crippen LogP contribution in [0.25, 0.3) is 10.6 Å². The largest absolute Gasteiger partial charge is 0.387 e. The topological polar surface area (TPSA) is 49.5 Å². The van der Waals surface area contributed by atoms with Gasteiger partial charge in [-0.15, -0.1) is 11.3 Å². The van der Waals surface area contributed by atoms with Crippen LogP contribution < -0.4 is 0 Å². The summed E-state index contributed by atoms with van der Waals surface area (Å²) in [4.78, 5) is 3.28. The van der Waals surface area contributed by atoms with Gasteiger partial charge >= 0.3 is 0 Å². The highest BCUT2D eigenvalue weighted by Crippen LogP contribution is 2.28. The molecule has 96 valence electrons. The van der Waals surface area contributed by atoms with Crippen molar-refractivity contribution in [2.45, 2.75) is 25.5 Å². The summed E-state index contributed by atoms with van der Waals surface area (Å²) in [5, 5.41) is 16.0. The van der Waals surface area contributed by atoms with E-state index in [1.165, 1.54) is 0 Å². The molecular formula is C13H16N2O2S. The Morgan fingerprint density at radius 2 is 2.39 bits per heavy atom. The fourth-order valence-electron chi connectivity index (χ4n) is 2.27. The molecule has 0 amide bonds. The molecule has 1 N–H and O–H groups in total. The van der Waals surface area contributed by atoms with Crippen molar-refractivity contribution in [2.24, 2.45) is 0 Å². The molecule has 2 aromatic rings. The number of aromatic nitrogens is 1. The monoisotopic (exact) mass is 264 g/mol. The minimum absolute atomic E-state index is 0.486. The van der Waals surface area contributed by atoms with Gasteiger partial charge in [0.1, 0.15) is 0 Å². The molecule has 0 bridgehead atoms. The van der Waals surface area contributed by atoms with Gasteiger partial charge in [-0.2, -0.15) is 0 Å². The highest BCUT2D eigenvalue weighted by atomic mass is 32.1. The van der Waals surface area contributed by atoms with Gasteiger partial charge in [-0.05, 0) is 17.9 Å². The summed E-state index contributed by atoms with van der Waals surface area (Å²) in [6.07, 6.45) is 0.808. The summed E-state index contributed by atoms with van der Waals surface area (Å²) in [5.41, 5.74) is 0.442. The Labute approximate surface area is 110 Å². The molecule has 3 heterocycles. The molecule has 1 fully saturated rings. The van der Waals surface area contributed by atoms with Gasteiger partial charge in [0.2, 0.25) is 0 Å². The van der Waals surface area contributed by atoms with E-state index in [9.17, 15) is 5.11 Å². The summed E-state index contributed by atoms with van der Waals surface area (Å²) in [6.45, 7) is 4.22. The molecule has 0 spiro atoms. The van der Waals surface area contributed by atoms with Crippen LogP contribution in [0.4, 0.5) is 0 Å². The van der Waals surface area contributed by atoms with Gasteiger partial charge in [0.25, 0.3) is 0 Å². The molecule has 0 saturated carbocycles. The van der Waals surface area contributed by atoms with Crippen molar-refractivity contribution in [3.8, 4) is 10.6 Å². The molecule has 0 atom stereocenters. The lowest BCUT2D eigenvalue weighted by Crippen LogP contribution is -2.60. The molecule has 0 aromatic carbocycles. The molecule has 2 aromatic heterocycles. The zero-order chi connectivity index (χ0) is 12.6. The van der Waals surface area contributed by atoms with Crippen molar-refractivity contribution in [1.82, 2.24) is 10.1 Å². The molecule has 1 saturated heterocycles. The van der Waals surface area contributed by atoms with Gasteiger partial charge in [-0.1, -0.05) is 18.1 Å². The first-order valence-electron chi connectivity index (χ1n) is 6.13. The van der Waals surface area contributed by atoms with E-state index in [1.807, 2.05) is 30.5 Å². The fourth-order valence-corrected chi connectivity index (χ4v) is 2.95. The summed E-state index contributed by atoms with van der Waals surface area (Å²) < 4.78 is 5.33. The second kappa shape index (κ2) is 4.50. The average Bonchev–Trinajstić information content (AvgIpc) is 2.96. The molecule has 18 heavy (non-hydrogen) atoms. The van der Waals surface area contributed by atoms with Crippen molar-refractivity contribution in [2.75, 3.05) is 13.1 Å². The van der Waals surface area contributed by atoms with Crippen LogP contribution in [0.5, 0.6) is 0 Å². The lowest BCUT2D eigenvalue weighted by atomic mass is 9.91. The van der Waals surface area contributed by atoms with E-state index in [0.717, 1.165) is 42.4 Å². The highest BCUT2D eigenvalue weighted by molar-refractivity contribution is 7.13. The molecule has 0 radical (unpaired) electrons. The number of hydrogen-bond acceptors (Lipinski definition) is 5. The van der Waals surface area contributed by atoms with E-state index in [0.29, 0.717) is 0 Å². The summed E-state index contributed by atoms with van der Waals surface area (Å²) in [7, 11) is 0. The first-order chi connectivity index (χ1) is 8.68. The quantitative estimate of drug-likeness (QED) is 0.921. The Kier molecular flexibility index (Phi) is 2.97. The second-order valence-corrected chi connectivity index (χ2v) is 5.83. The van der Waals surface area contributed by atoms with Crippen LogP contribution in [0.2, 0.25) is 0 Å². The number of nitrogens with zero attached hydrogens (tertiary/aromatic N) is 2. The average molecular weight is 264 g/mol. The number of β-amino-alcohol motifs (C(OH)–C–C–N with tert-alkyl or cyclic N) is 1. The number of thiophene rings is 1. The van der Waals surface area contributed by atoms with Crippen LogP contribution in [0.15, 0.2) is 28.1 Å². The zero-order valence-electron chi connectivity index (χ0n) is 10.3. The fraction of sp³-hybridized carbons (Fsp3) is 0.462. The number of hydrogen-bond donors (Lipinski definition) is 1. The Hall–Kier alpha value is -1.17. The molecule has 5 heteroatoms. The van der Waals surface area contributed by atoms with Crippen molar-refractivity contribution in [3.63, 3.8) is 0 Å². The first kappa shape index (κ1) is 11.9. The third kappa shape index (κ3) is 2.21. The predicted molar refractivity (Wildman–Crippen MR) is 70.3 cm³/mol. The van der Waals surface area contributed by atoms with E-state index >= 15 is 0 Å². The lowest BCUT2D eigenvalue weighted by molar-refractivity contribution is -0.104. The Morgan fingerprint density at radius 1 is 1.56 bits per heavy atom. The van der Waals surface area contributed by atoms with E-state index in [2.05, 4.69) is 10.1 Å². The summed E-state index contributed by atoms with van der Waals surface area (Å²) in [6, 6.07) is 6.00. The minimum Gasteiger partial charge on any atom is -0.387 e. The van der Waals surface area contributed by atoms with E-state index in [-0.39, 0.29) is 0 Å². The van der Waals surface area contributed by atoms with Crippen LogP contribution >= 0.6 is 11.3 Å². The SMILES string of the molecule is CCC1(O)CN(Cc2cc(-c3cccs3)on2)C1. The van der Waals surface area contributed by atoms with Crippen molar-refractivity contribution < 1.29 is 9.63 Å². The smallest absolute Gasteiger partial charge is 0.177 e. The standard InChI is InChI=1S/C13H16N2O2S/c1-2-13(16)8-15(9-13)7-10-6-11(17-14-10)12-4-3-5-18-12/h3-6,16H,2,7-9H2,1H3. The summed E-state index contributed by atoms with van der Waals surface area (Å²) in [5.74, 6) is 0.825. The van der Waals surface area contributed by atoms with E-state index < -0.39 is 5.60 Å². The molecule has 0 aliphatic carbocycles. The Bertz CT molecular complexity index is 515. The molecule has 0 unspecified atom stereocenters. The lowest BCUT2D eigenvalue weighted by Gasteiger charge is -2.45. The maximum atomic E-state index is 9.94. The molecule has 4 nitrogen and oxygen atoms in total. The van der Waals surface area contributed by atoms with Gasteiger partial charge in [0, 0.05) is 25.7 Å². The van der Waals surface area contributed by atoms with Crippen LogP contribution in [-0.2, 0) is 6.54 Å². The third-order valence-corrected chi connectivity index (χ3v) is 4.29. The Balaban J connectivity index is 1.62. The van der Waals surface area contributed by atoms with E-state index in [4.69, 9.17) is 4.52 Å². The molecule has 1 aliphatic rings. The van der Waals surface area contributed by atoms with Crippen molar-refractivity contribution in [1.29, 1.82) is 0 Å². The predicted octanol–water partition coefficient (Wildman–Crippen LogP) is 2.36. The third-order valence-electron chi connectivity index (χ3n) is 3.40. The van der Waals surface area contributed by atoms with Gasteiger partial charge in [-0.25, -0.2) is 0 Å². The number of likely N-dealkylation sites (tertiary alicyclic amines) is 1. The van der Waals surface area contributed by atoms with Gasteiger partial charge < -0.3 is 9.63 Å². The number of aliphatic hydroxyl groups is 1. The van der Waals surface area contributed by atoms with Crippen LogP contribution in [0.1, 0.15) is 19.0 Å². The normalized spacial score (nSPS) is 18.8. The van der Waals surface area contributed by atoms with Crippen molar-refractivity contribution in [3.05, 3.63) is 29.3 Å². The van der Waals surface area contributed by atoms with Gasteiger partial charge in [0.15, 0.2) is 5.76 Å². The molecule has 1 aliphatic heterocycles. The number of rotatable bonds is 4. The van der Waals surface area contributed by atoms with Crippen molar-refractivity contribution >= 4 is 11.3 Å². The maximum absolute atomic E-state index is 9.94. The maximum Gasteiger partial charge on any atom is 0.177 e. The highest BCUT2D eigenvalue weighted by Gasteiger charge is 2.39. The molecular weight excluding hydrogens is 248 g/mol. The molecule has 3 rings (SSSR count). The zero-order valence-corrected chi connectivity index (χ0v) is 11.1. The van der Waals surface area contributed by atoms with Crippen LogP contribution in [-0.4, -0.2) is 33.9 Å². The van der Waals surface area contributed by atoms with Crippen LogP contribution in [0.3, 0.4) is 0 Å². The summed E-state index contributed by atoms with van der Waals surface area (Å²) >= 11 is 1.64. The second-order valence-electron chi connectivity index (χ2n) is 4.88. The Morgan fingerprint density at radius 3 is 3.06 bits per heavy atom. The van der Waals surface area contributed by atoms with Gasteiger partial charge in [0.05, 0.1) is 16.2 Å². The van der Waals surface area contributed by atoms with Crippen LogP contribution in [0, 0.1) is 0 Å². The van der Waals surface area contributed by atoms with E-state index in [1.54, 1.807) is 11.3 Å². The minimum atomic E-state index is -0.486. The first-order valence-corrected chi connectivity index (χ1v) is 7.01. The van der Waals surface area contributed by atoms with Gasteiger partial charge in [-0.3, -0.25) is 4.90 Å².